The van der Waals surface area contributed by atoms with Gasteiger partial charge >= 0.3 is 0 Å². The van der Waals surface area contributed by atoms with Crippen molar-refractivity contribution in [2.24, 2.45) is 0 Å². The molecule has 0 amide bonds. The number of nitrogens with zero attached hydrogens (tertiary/aromatic N) is 2. The lowest BCUT2D eigenvalue weighted by molar-refractivity contribution is 1.34. The van der Waals surface area contributed by atoms with Crippen LogP contribution in [-0.2, 0) is 0 Å². The van der Waals surface area contributed by atoms with Crippen LogP contribution in [0.4, 0.5) is 23.3 Å². The molecule has 0 aliphatic rings. The Hall–Kier alpha value is -2.50. The molecule has 0 radical (unpaired) electrons. The summed E-state index contributed by atoms with van der Waals surface area (Å²) in [6, 6.07) is 10.3. The zero-order valence-electron chi connectivity index (χ0n) is 8.67. The second kappa shape index (κ2) is 5.40. The molecule has 6 heteroatoms. The van der Waals surface area contributed by atoms with Gasteiger partial charge in [-0.3, -0.25) is 0 Å². The van der Waals surface area contributed by atoms with Crippen LogP contribution in [0.2, 0.25) is 0 Å². The summed E-state index contributed by atoms with van der Waals surface area (Å²) >= 11 is 0. The third-order valence-electron chi connectivity index (χ3n) is 1.58. The molecule has 0 unspecified atom stereocenters. The number of hydrogen-bond donors (Lipinski definition) is 4. The van der Waals surface area contributed by atoms with E-state index in [1.807, 2.05) is 0 Å². The Balaban J connectivity index is 0.000000160. The van der Waals surface area contributed by atoms with Crippen molar-refractivity contribution in [2.45, 2.75) is 0 Å². The summed E-state index contributed by atoms with van der Waals surface area (Å²) in [5.41, 5.74) is 21.1. The zero-order valence-corrected chi connectivity index (χ0v) is 8.67. The van der Waals surface area contributed by atoms with Gasteiger partial charge in [-0.1, -0.05) is 12.1 Å². The highest BCUT2D eigenvalue weighted by molar-refractivity contribution is 5.38. The van der Waals surface area contributed by atoms with Crippen LogP contribution in [0.1, 0.15) is 0 Å². The Kier molecular flexibility index (Phi) is 3.90. The smallest absolute Gasteiger partial charge is 0.125 e. The molecule has 2 aromatic rings. The number of nitrogens with two attached hydrogens (primary N) is 4. The van der Waals surface area contributed by atoms with Crippen LogP contribution in [0.25, 0.3) is 0 Å². The first-order chi connectivity index (χ1) is 7.58. The van der Waals surface area contributed by atoms with Crippen LogP contribution in [0.15, 0.2) is 36.4 Å². The number of hydrogen-bond acceptors (Lipinski definition) is 6. The number of anilines is 4. The van der Waals surface area contributed by atoms with Crippen LogP contribution in [0.3, 0.4) is 0 Å². The van der Waals surface area contributed by atoms with Gasteiger partial charge in [0.25, 0.3) is 0 Å². The summed E-state index contributed by atoms with van der Waals surface area (Å²) in [7, 11) is 0. The van der Waals surface area contributed by atoms with Crippen LogP contribution < -0.4 is 22.9 Å². The van der Waals surface area contributed by atoms with Crippen molar-refractivity contribution >= 4 is 23.3 Å². The van der Waals surface area contributed by atoms with Gasteiger partial charge in [0, 0.05) is 0 Å². The molecule has 0 spiro atoms. The quantitative estimate of drug-likeness (QED) is 0.509. The molecule has 2 heterocycles. The van der Waals surface area contributed by atoms with Gasteiger partial charge in [0.2, 0.25) is 0 Å². The second-order valence-corrected chi connectivity index (χ2v) is 2.97. The van der Waals surface area contributed by atoms with Gasteiger partial charge in [-0.15, -0.1) is 0 Å². The Labute approximate surface area is 93.3 Å². The van der Waals surface area contributed by atoms with Crippen LogP contribution in [0, 0.1) is 0 Å². The largest absolute Gasteiger partial charge is 0.384 e. The Bertz CT molecular complexity index is 379. The van der Waals surface area contributed by atoms with Gasteiger partial charge in [0.15, 0.2) is 0 Å². The van der Waals surface area contributed by atoms with E-state index < -0.39 is 0 Å². The maximum absolute atomic E-state index is 5.27. The van der Waals surface area contributed by atoms with E-state index in [2.05, 4.69) is 9.97 Å². The molecule has 8 N–H and O–H groups in total. The molecule has 0 atom stereocenters. The molecule has 0 saturated carbocycles. The first-order valence-corrected chi connectivity index (χ1v) is 4.54. The summed E-state index contributed by atoms with van der Waals surface area (Å²) in [4.78, 5) is 7.46. The average Bonchev–Trinajstić information content (AvgIpc) is 2.17. The van der Waals surface area contributed by atoms with Crippen molar-refractivity contribution in [3.63, 3.8) is 0 Å². The lowest BCUT2D eigenvalue weighted by Crippen LogP contribution is -1.93. The molecule has 2 rings (SSSR count). The minimum Gasteiger partial charge on any atom is -0.384 e. The van der Waals surface area contributed by atoms with Gasteiger partial charge in [-0.25, -0.2) is 9.97 Å². The summed E-state index contributed by atoms with van der Waals surface area (Å²) in [5, 5.41) is 0. The molecule has 16 heavy (non-hydrogen) atoms. The van der Waals surface area contributed by atoms with Crippen LogP contribution >= 0.6 is 0 Å². The van der Waals surface area contributed by atoms with Crippen LogP contribution in [-0.4, -0.2) is 9.97 Å². The summed E-state index contributed by atoms with van der Waals surface area (Å²) < 4.78 is 0. The molecule has 0 aliphatic carbocycles. The normalized spacial score (nSPS) is 9.00. The van der Waals surface area contributed by atoms with E-state index in [1.54, 1.807) is 36.4 Å². The minimum atomic E-state index is 0.463. The lowest BCUT2D eigenvalue weighted by atomic mass is 10.4. The van der Waals surface area contributed by atoms with E-state index in [4.69, 9.17) is 22.9 Å². The standard InChI is InChI=1S/2C5H7N3/c2*6-4-2-1-3-5(7)8-4/h2*1-3H,(H4,6,7,8). The molecule has 84 valence electrons. The number of aromatic nitrogens is 2. The fourth-order valence-corrected chi connectivity index (χ4v) is 0.938. The van der Waals surface area contributed by atoms with Crippen molar-refractivity contribution in [2.75, 3.05) is 22.9 Å². The van der Waals surface area contributed by atoms with E-state index in [1.165, 1.54) is 0 Å². The first kappa shape index (κ1) is 11.6. The predicted molar refractivity (Wildman–Crippen MR) is 66.1 cm³/mol. The highest BCUT2D eigenvalue weighted by atomic mass is 14.9. The molecule has 0 fully saturated rings. The monoisotopic (exact) mass is 218 g/mol. The van der Waals surface area contributed by atoms with Gasteiger partial charge < -0.3 is 22.9 Å². The first-order valence-electron chi connectivity index (χ1n) is 4.54. The third-order valence-corrected chi connectivity index (χ3v) is 1.58. The number of rotatable bonds is 0. The highest BCUT2D eigenvalue weighted by Crippen LogP contribution is 1.99. The van der Waals surface area contributed by atoms with E-state index >= 15 is 0 Å². The van der Waals surface area contributed by atoms with Gasteiger partial charge in [-0.2, -0.15) is 0 Å². The summed E-state index contributed by atoms with van der Waals surface area (Å²) in [5.74, 6) is 1.85. The number of pyridine rings is 2. The molecule has 0 aliphatic heterocycles. The fraction of sp³-hybridized carbons (Fsp3) is 0. The van der Waals surface area contributed by atoms with Crippen molar-refractivity contribution < 1.29 is 0 Å². The highest BCUT2D eigenvalue weighted by Gasteiger charge is 1.83. The van der Waals surface area contributed by atoms with Crippen molar-refractivity contribution in [1.29, 1.82) is 0 Å². The maximum atomic E-state index is 5.27. The third kappa shape index (κ3) is 4.14. The molecule has 0 saturated heterocycles. The molecule has 6 nitrogen and oxygen atoms in total. The topological polar surface area (TPSA) is 130 Å². The van der Waals surface area contributed by atoms with Gasteiger partial charge in [0.1, 0.15) is 23.3 Å². The number of nitrogen functional groups attached to an aromatic ring is 4. The zero-order chi connectivity index (χ0) is 12.0. The molecule has 2 aromatic heterocycles. The molecular weight excluding hydrogens is 204 g/mol. The van der Waals surface area contributed by atoms with E-state index in [9.17, 15) is 0 Å². The van der Waals surface area contributed by atoms with E-state index in [0.717, 1.165) is 0 Å². The maximum Gasteiger partial charge on any atom is 0.125 e. The molecule has 0 bridgehead atoms. The summed E-state index contributed by atoms with van der Waals surface area (Å²) in [6.45, 7) is 0. The predicted octanol–water partition coefficient (Wildman–Crippen LogP) is 0.492. The second-order valence-electron chi connectivity index (χ2n) is 2.97. The SMILES string of the molecule is Nc1cccc(N)n1.Nc1cccc(N)n1. The molecule has 0 aromatic carbocycles. The van der Waals surface area contributed by atoms with Crippen molar-refractivity contribution in [3.05, 3.63) is 36.4 Å². The van der Waals surface area contributed by atoms with Gasteiger partial charge in [0.05, 0.1) is 0 Å². The average molecular weight is 218 g/mol. The van der Waals surface area contributed by atoms with Crippen molar-refractivity contribution in [1.82, 2.24) is 9.97 Å². The van der Waals surface area contributed by atoms with Crippen LogP contribution in [0.5, 0.6) is 0 Å². The summed E-state index contributed by atoms with van der Waals surface area (Å²) in [6.07, 6.45) is 0. The fourth-order valence-electron chi connectivity index (χ4n) is 0.938. The lowest BCUT2D eigenvalue weighted by Gasteiger charge is -1.90. The Morgan fingerprint density at radius 2 is 0.812 bits per heavy atom. The Morgan fingerprint density at radius 3 is 0.938 bits per heavy atom. The van der Waals surface area contributed by atoms with Crippen molar-refractivity contribution in [3.8, 4) is 0 Å². The minimum absolute atomic E-state index is 0.463. The van der Waals surface area contributed by atoms with E-state index in [-0.39, 0.29) is 0 Å². The van der Waals surface area contributed by atoms with E-state index in [0.29, 0.717) is 23.3 Å². The van der Waals surface area contributed by atoms with Gasteiger partial charge in [-0.05, 0) is 24.3 Å². The molecular formula is C10H14N6. The Morgan fingerprint density at radius 1 is 0.562 bits per heavy atom.